The van der Waals surface area contributed by atoms with Crippen LogP contribution in [-0.4, -0.2) is 6.85 Å². The van der Waals surface area contributed by atoms with E-state index in [1.807, 2.05) is 24.3 Å². The average molecular weight is 1160 g/mol. The molecule has 0 amide bonds. The van der Waals surface area contributed by atoms with E-state index in [9.17, 15) is 0 Å². The zero-order valence-corrected chi connectivity index (χ0v) is 53.1. The van der Waals surface area contributed by atoms with Crippen molar-refractivity contribution in [1.29, 1.82) is 0 Å². The van der Waals surface area contributed by atoms with Crippen LogP contribution in [0.2, 0.25) is 0 Å². The Labute approximate surface area is 524 Å². The molecule has 0 N–H and O–H groups in total. The van der Waals surface area contributed by atoms with E-state index in [1.165, 1.54) is 22.3 Å². The minimum atomic E-state index is -0.458. The van der Waals surface area contributed by atoms with Gasteiger partial charge in [0.1, 0.15) is 11.2 Å². The summed E-state index contributed by atoms with van der Waals surface area (Å²) in [6, 6.07) is 85.0. The Morgan fingerprint density at radius 1 is 0.348 bits per heavy atom. The Morgan fingerprint density at radius 3 is 1.39 bits per heavy atom. The second-order valence-electron chi connectivity index (χ2n) is 28.6. The molecule has 89 heavy (non-hydrogen) atoms. The molecule has 6 nitrogen and oxygen atoms in total. The zero-order valence-electron chi connectivity index (χ0n) is 53.1. The Balaban J connectivity index is 1.10. The molecule has 0 unspecified atom stereocenters. The van der Waals surface area contributed by atoms with Crippen LogP contribution in [0.4, 0.5) is 45.5 Å². The maximum absolute atomic E-state index is 7.37. The highest BCUT2D eigenvalue weighted by Gasteiger charge is 2.49. The third kappa shape index (κ3) is 9.47. The monoisotopic (exact) mass is 1160 g/mol. The number of anilines is 8. The fourth-order valence-electron chi connectivity index (χ4n) is 13.6. The highest BCUT2D eigenvalue weighted by molar-refractivity contribution is 6.94. The van der Waals surface area contributed by atoms with Crippen LogP contribution in [0, 0.1) is 0 Å². The van der Waals surface area contributed by atoms with Gasteiger partial charge in [-0.1, -0.05) is 217 Å². The predicted octanol–water partition coefficient (Wildman–Crippen LogP) is 22.2. The molecule has 0 radical (unpaired) electrons. The van der Waals surface area contributed by atoms with Crippen molar-refractivity contribution in [2.45, 2.75) is 105 Å². The first kappa shape index (κ1) is 55.8. The molecule has 0 saturated heterocycles. The Bertz CT molecular complexity index is 4710. The summed E-state index contributed by atoms with van der Waals surface area (Å²) < 4.78 is 21.4. The van der Waals surface area contributed by atoms with E-state index in [2.05, 4.69) is 304 Å². The van der Waals surface area contributed by atoms with Crippen molar-refractivity contribution in [2.75, 3.05) is 14.6 Å². The first-order valence-corrected chi connectivity index (χ1v) is 31.4. The van der Waals surface area contributed by atoms with Gasteiger partial charge in [0, 0.05) is 78.9 Å². The fourth-order valence-corrected chi connectivity index (χ4v) is 13.6. The largest absolute Gasteiger partial charge is 0.455 e. The Kier molecular flexibility index (Phi) is 12.8. The molecule has 1 aromatic heterocycles. The molecule has 3 aliphatic rings. The summed E-state index contributed by atoms with van der Waals surface area (Å²) in [5.74, 6) is 2.65. The quantitative estimate of drug-likeness (QED) is 0.148. The van der Waals surface area contributed by atoms with Gasteiger partial charge in [-0.25, -0.2) is 0 Å². The number of benzene rings is 11. The standard InChI is InChI=1S/C82H74BN3O3/c1-79(2,3)53-31-37-57(38-32-53)84(58-39-33-54(34-40-58)80(4,5)6)59-41-42-61-68(47-59)86(67-44-36-56(82(10,11)12)46-63(67)52-25-17-14-18-26-52)83-65-49-74-75(88-73-30-22-21-29-72(73)87-74)50-69(65)85(66-43-35-55(81(7,8)9)45-62(66)51-23-15-13-16-24-51)70-48-64-60-27-19-20-28-71(60)89-78(64)76(61)77(70)83/h13-50H,1-12H3. The molecule has 4 heterocycles. The van der Waals surface area contributed by atoms with E-state index >= 15 is 0 Å². The van der Waals surface area contributed by atoms with Crippen molar-refractivity contribution >= 4 is 85.2 Å². The predicted molar refractivity (Wildman–Crippen MR) is 374 cm³/mol. The average Bonchev–Trinajstić information content (AvgIpc) is 1.67. The third-order valence-corrected chi connectivity index (χ3v) is 18.5. The summed E-state index contributed by atoms with van der Waals surface area (Å²) in [6.07, 6.45) is 0. The van der Waals surface area contributed by atoms with Crippen LogP contribution in [0.1, 0.15) is 105 Å². The highest BCUT2D eigenvalue weighted by atomic mass is 16.6. The lowest BCUT2D eigenvalue weighted by Crippen LogP contribution is -2.61. The van der Waals surface area contributed by atoms with Crippen LogP contribution in [0.5, 0.6) is 23.0 Å². The molecule has 0 fully saturated rings. The molecule has 0 atom stereocenters. The first-order valence-electron chi connectivity index (χ1n) is 31.4. The number of para-hydroxylation sites is 3. The smallest absolute Gasteiger partial charge is 0.333 e. The SMILES string of the molecule is CC(C)(C)c1ccc(N(c2ccc(C(C)(C)C)cc2)c2ccc3c(c2)N(c2ccc(C(C)(C)C)cc2-c2ccccc2)B2c4cc5c(cc4N(c4ccc(C(C)(C)C)cc4-c4ccccc4)c4cc6c(oc7ccccc76)c-3c42)Oc2ccccc2O5)cc1. The van der Waals surface area contributed by atoms with Crippen LogP contribution in [0.25, 0.3) is 55.3 Å². The molecular formula is C82H74BN3O3. The molecule has 438 valence electrons. The topological polar surface area (TPSA) is 41.3 Å². The third-order valence-electron chi connectivity index (χ3n) is 18.5. The van der Waals surface area contributed by atoms with Gasteiger partial charge in [-0.2, -0.15) is 0 Å². The minimum Gasteiger partial charge on any atom is -0.455 e. The van der Waals surface area contributed by atoms with Crippen molar-refractivity contribution in [3.8, 4) is 56.4 Å². The number of fused-ring (bicyclic) bond motifs is 10. The van der Waals surface area contributed by atoms with Crippen molar-refractivity contribution in [3.63, 3.8) is 0 Å². The minimum absolute atomic E-state index is 0.0259. The summed E-state index contributed by atoms with van der Waals surface area (Å²) in [6.45, 7) is 27.1. The highest BCUT2D eigenvalue weighted by Crippen LogP contribution is 2.57. The number of hydrogen-bond donors (Lipinski definition) is 0. The summed E-state index contributed by atoms with van der Waals surface area (Å²) in [5.41, 5.74) is 23.6. The molecule has 7 heteroatoms. The molecule has 0 aliphatic carbocycles. The first-order chi connectivity index (χ1) is 42.7. The molecule has 15 rings (SSSR count). The van der Waals surface area contributed by atoms with E-state index in [0.717, 1.165) is 112 Å². The lowest BCUT2D eigenvalue weighted by atomic mass is 9.43. The Hall–Kier alpha value is -9.72. The van der Waals surface area contributed by atoms with Gasteiger partial charge in [0.15, 0.2) is 23.0 Å². The van der Waals surface area contributed by atoms with Crippen LogP contribution in [0.3, 0.4) is 0 Å². The lowest BCUT2D eigenvalue weighted by Gasteiger charge is -2.47. The maximum Gasteiger partial charge on any atom is 0.333 e. The number of nitrogens with zero attached hydrogens (tertiary/aromatic N) is 3. The summed E-state index contributed by atoms with van der Waals surface area (Å²) >= 11 is 0. The summed E-state index contributed by atoms with van der Waals surface area (Å²) in [7, 11) is 0. The van der Waals surface area contributed by atoms with E-state index in [-0.39, 0.29) is 21.7 Å². The molecule has 0 saturated carbocycles. The molecular weight excluding hydrogens is 1090 g/mol. The van der Waals surface area contributed by atoms with Gasteiger partial charge in [0.2, 0.25) is 0 Å². The molecule has 3 aliphatic heterocycles. The van der Waals surface area contributed by atoms with Gasteiger partial charge in [0.05, 0.1) is 5.69 Å². The van der Waals surface area contributed by atoms with E-state index in [1.54, 1.807) is 0 Å². The van der Waals surface area contributed by atoms with E-state index in [0.29, 0.717) is 23.0 Å². The zero-order chi connectivity index (χ0) is 61.5. The van der Waals surface area contributed by atoms with Crippen LogP contribution in [0.15, 0.2) is 235 Å². The van der Waals surface area contributed by atoms with Gasteiger partial charge >= 0.3 is 6.85 Å². The summed E-state index contributed by atoms with van der Waals surface area (Å²) in [5, 5.41) is 2.10. The van der Waals surface area contributed by atoms with Gasteiger partial charge in [-0.15, -0.1) is 0 Å². The number of rotatable bonds is 7. The number of ether oxygens (including phenoxy) is 2. The van der Waals surface area contributed by atoms with E-state index in [4.69, 9.17) is 13.9 Å². The molecule has 12 aromatic rings. The Morgan fingerprint density at radius 2 is 0.831 bits per heavy atom. The fraction of sp³-hybridized carbons (Fsp3) is 0.195. The van der Waals surface area contributed by atoms with E-state index < -0.39 is 6.85 Å². The van der Waals surface area contributed by atoms with Crippen LogP contribution < -0.4 is 35.0 Å². The van der Waals surface area contributed by atoms with Gasteiger partial charge in [-0.3, -0.25) is 0 Å². The molecule has 0 bridgehead atoms. The van der Waals surface area contributed by atoms with Gasteiger partial charge in [0.25, 0.3) is 0 Å². The number of hydrogen-bond acceptors (Lipinski definition) is 6. The van der Waals surface area contributed by atoms with Crippen molar-refractivity contribution in [3.05, 3.63) is 253 Å². The summed E-state index contributed by atoms with van der Waals surface area (Å²) in [4.78, 5) is 7.61. The van der Waals surface area contributed by atoms with Crippen molar-refractivity contribution in [1.82, 2.24) is 0 Å². The molecule has 11 aromatic carbocycles. The number of furan rings is 1. The van der Waals surface area contributed by atoms with Gasteiger partial charge in [-0.05, 0) is 157 Å². The normalized spacial score (nSPS) is 13.5. The second-order valence-corrected chi connectivity index (χ2v) is 28.6. The maximum atomic E-state index is 7.37. The van der Waals surface area contributed by atoms with Crippen LogP contribution >= 0.6 is 0 Å². The van der Waals surface area contributed by atoms with Crippen molar-refractivity contribution < 1.29 is 13.9 Å². The van der Waals surface area contributed by atoms with Gasteiger partial charge < -0.3 is 28.5 Å². The van der Waals surface area contributed by atoms with Crippen LogP contribution in [-0.2, 0) is 21.7 Å². The second kappa shape index (κ2) is 20.4. The molecule has 0 spiro atoms. The lowest BCUT2D eigenvalue weighted by molar-refractivity contribution is 0.360. The van der Waals surface area contributed by atoms with Crippen molar-refractivity contribution in [2.24, 2.45) is 0 Å².